The van der Waals surface area contributed by atoms with Crippen molar-refractivity contribution >= 4 is 0 Å². The second kappa shape index (κ2) is 2.97. The molecule has 0 atom stereocenters. The van der Waals surface area contributed by atoms with Crippen LogP contribution in [0.3, 0.4) is 0 Å². The van der Waals surface area contributed by atoms with Gasteiger partial charge >= 0.3 is 0 Å². The molecule has 0 fully saturated rings. The summed E-state index contributed by atoms with van der Waals surface area (Å²) in [5.74, 6) is -0.284. The van der Waals surface area contributed by atoms with Crippen LogP contribution in [0, 0.1) is 0 Å². The van der Waals surface area contributed by atoms with E-state index >= 15 is 0 Å². The third-order valence-corrected chi connectivity index (χ3v) is 1.04. The minimum absolute atomic E-state index is 0.269. The van der Waals surface area contributed by atoms with Crippen molar-refractivity contribution in [3.05, 3.63) is 12.4 Å². The van der Waals surface area contributed by atoms with E-state index in [4.69, 9.17) is 5.73 Å². The summed E-state index contributed by atoms with van der Waals surface area (Å²) >= 11 is 0. The first kappa shape index (κ1) is 8.63. The van der Waals surface area contributed by atoms with Gasteiger partial charge in [0.25, 0.3) is 0 Å². The zero-order chi connectivity index (χ0) is 7.49. The minimum Gasteiger partial charge on any atom is -0.326 e. The summed E-state index contributed by atoms with van der Waals surface area (Å²) in [6, 6.07) is 0. The number of hydrogen-bond acceptors (Lipinski definition) is 1. The summed E-state index contributed by atoms with van der Waals surface area (Å²) in [5, 5.41) is 0. The van der Waals surface area contributed by atoms with Crippen molar-refractivity contribution in [1.29, 1.82) is 0 Å². The molecule has 0 rings (SSSR count). The van der Waals surface area contributed by atoms with E-state index in [-0.39, 0.29) is 11.4 Å². The largest absolute Gasteiger partial charge is 0.326 e. The topological polar surface area (TPSA) is 26.0 Å². The Morgan fingerprint density at radius 1 is 1.67 bits per heavy atom. The molecule has 2 heteroatoms. The van der Waals surface area contributed by atoms with Crippen LogP contribution in [-0.4, -0.2) is 5.54 Å². The van der Waals surface area contributed by atoms with Gasteiger partial charge in [-0.25, -0.2) is 4.39 Å². The van der Waals surface area contributed by atoms with Crippen molar-refractivity contribution in [1.82, 2.24) is 0 Å². The van der Waals surface area contributed by atoms with E-state index < -0.39 is 0 Å². The lowest BCUT2D eigenvalue weighted by atomic mass is 10.0. The van der Waals surface area contributed by atoms with Gasteiger partial charge in [0.2, 0.25) is 0 Å². The maximum atomic E-state index is 12.0. The minimum atomic E-state index is -0.284. The molecule has 0 amide bonds. The quantitative estimate of drug-likeness (QED) is 0.622. The highest BCUT2D eigenvalue weighted by atomic mass is 19.1. The molecule has 0 heterocycles. The highest BCUT2D eigenvalue weighted by Gasteiger charge is 2.09. The molecule has 1 nitrogen and oxygen atoms in total. The molecule has 0 bridgehead atoms. The van der Waals surface area contributed by atoms with E-state index in [1.165, 1.54) is 0 Å². The monoisotopic (exact) mass is 131 g/mol. The van der Waals surface area contributed by atoms with Crippen LogP contribution in [0.25, 0.3) is 0 Å². The predicted molar refractivity (Wildman–Crippen MR) is 37.7 cm³/mol. The van der Waals surface area contributed by atoms with Crippen LogP contribution in [0.15, 0.2) is 12.4 Å². The first-order valence-corrected chi connectivity index (χ1v) is 3.04. The molecule has 2 N–H and O–H groups in total. The summed E-state index contributed by atoms with van der Waals surface area (Å²) in [4.78, 5) is 0. The summed E-state index contributed by atoms with van der Waals surface area (Å²) in [6.07, 6.45) is 1.03. The number of allylic oxidation sites excluding steroid dienone is 1. The molecular formula is C7H14FN. The van der Waals surface area contributed by atoms with Crippen molar-refractivity contribution in [2.45, 2.75) is 32.2 Å². The third-order valence-electron chi connectivity index (χ3n) is 1.04. The second-order valence-electron chi connectivity index (χ2n) is 3.01. The lowest BCUT2D eigenvalue weighted by Crippen LogP contribution is -2.31. The average molecular weight is 131 g/mol. The molecule has 0 aliphatic heterocycles. The fourth-order valence-corrected chi connectivity index (χ4v) is 0.458. The lowest BCUT2D eigenvalue weighted by molar-refractivity contribution is 0.447. The number of halogens is 1. The van der Waals surface area contributed by atoms with Crippen LogP contribution in [0.4, 0.5) is 4.39 Å². The van der Waals surface area contributed by atoms with Crippen LogP contribution in [0.1, 0.15) is 26.7 Å². The smallest absolute Gasteiger partial charge is 0.0928 e. The normalized spacial score (nSPS) is 11.6. The van der Waals surface area contributed by atoms with Crippen molar-refractivity contribution in [2.75, 3.05) is 0 Å². The Labute approximate surface area is 55.7 Å². The molecule has 0 radical (unpaired) electrons. The van der Waals surface area contributed by atoms with Crippen molar-refractivity contribution < 1.29 is 4.39 Å². The van der Waals surface area contributed by atoms with Crippen LogP contribution in [0.2, 0.25) is 0 Å². The van der Waals surface area contributed by atoms with Gasteiger partial charge in [-0.3, -0.25) is 0 Å². The van der Waals surface area contributed by atoms with Crippen LogP contribution >= 0.6 is 0 Å². The fraction of sp³-hybridized carbons (Fsp3) is 0.714. The molecule has 0 aromatic heterocycles. The number of nitrogens with two attached hydrogens (primary N) is 1. The molecule has 0 unspecified atom stereocenters. The van der Waals surface area contributed by atoms with Crippen molar-refractivity contribution in [3.63, 3.8) is 0 Å². The van der Waals surface area contributed by atoms with Gasteiger partial charge in [-0.1, -0.05) is 6.58 Å². The summed E-state index contributed by atoms with van der Waals surface area (Å²) in [7, 11) is 0. The van der Waals surface area contributed by atoms with Gasteiger partial charge in [0, 0.05) is 12.0 Å². The van der Waals surface area contributed by atoms with Gasteiger partial charge in [0.05, 0.1) is 5.83 Å². The Morgan fingerprint density at radius 2 is 2.11 bits per heavy atom. The fourth-order valence-electron chi connectivity index (χ4n) is 0.458. The number of hydrogen-bond donors (Lipinski definition) is 1. The van der Waals surface area contributed by atoms with Crippen molar-refractivity contribution in [3.8, 4) is 0 Å². The predicted octanol–water partition coefficient (Wildman–Crippen LogP) is 1.99. The zero-order valence-electron chi connectivity index (χ0n) is 6.08. The summed E-state index contributed by atoms with van der Waals surface area (Å²) in [6.45, 7) is 6.88. The van der Waals surface area contributed by atoms with E-state index in [1.54, 1.807) is 0 Å². The molecule has 0 aromatic carbocycles. The second-order valence-corrected chi connectivity index (χ2v) is 3.01. The maximum absolute atomic E-state index is 12.0. The van der Waals surface area contributed by atoms with E-state index in [0.717, 1.165) is 0 Å². The summed E-state index contributed by atoms with van der Waals surface area (Å²) < 4.78 is 12.0. The molecule has 54 valence electrons. The zero-order valence-corrected chi connectivity index (χ0v) is 6.08. The molecule has 0 spiro atoms. The van der Waals surface area contributed by atoms with Gasteiger partial charge in [-0.15, -0.1) is 0 Å². The lowest BCUT2D eigenvalue weighted by Gasteiger charge is -2.16. The Kier molecular flexibility index (Phi) is 2.85. The van der Waals surface area contributed by atoms with E-state index in [0.29, 0.717) is 12.8 Å². The highest BCUT2D eigenvalue weighted by molar-refractivity contribution is 4.84. The van der Waals surface area contributed by atoms with Crippen molar-refractivity contribution in [2.24, 2.45) is 5.73 Å². The highest BCUT2D eigenvalue weighted by Crippen LogP contribution is 2.11. The van der Waals surface area contributed by atoms with Gasteiger partial charge in [-0.2, -0.15) is 0 Å². The molecule has 9 heavy (non-hydrogen) atoms. The maximum Gasteiger partial charge on any atom is 0.0928 e. The molecule has 0 aliphatic carbocycles. The van der Waals surface area contributed by atoms with E-state index in [2.05, 4.69) is 6.58 Å². The van der Waals surface area contributed by atoms with Gasteiger partial charge in [0.1, 0.15) is 0 Å². The Morgan fingerprint density at radius 3 is 2.22 bits per heavy atom. The molecule has 0 saturated heterocycles. The summed E-state index contributed by atoms with van der Waals surface area (Å²) in [5.41, 5.74) is 5.31. The average Bonchev–Trinajstić information content (AvgIpc) is 1.59. The Bertz CT molecular complexity index is 102. The van der Waals surface area contributed by atoms with E-state index in [9.17, 15) is 4.39 Å². The Balaban J connectivity index is 3.39. The first-order valence-electron chi connectivity index (χ1n) is 3.04. The third kappa shape index (κ3) is 7.63. The van der Waals surface area contributed by atoms with E-state index in [1.807, 2.05) is 13.8 Å². The van der Waals surface area contributed by atoms with Crippen LogP contribution in [-0.2, 0) is 0 Å². The van der Waals surface area contributed by atoms with Gasteiger partial charge < -0.3 is 5.73 Å². The van der Waals surface area contributed by atoms with Crippen LogP contribution < -0.4 is 5.73 Å². The molecule has 0 saturated carbocycles. The molecule has 0 aromatic rings. The standard InChI is InChI=1S/C7H14FN/c1-6(8)4-5-7(2,3)9/h1,4-5,9H2,2-3H3. The molecule has 0 aliphatic rings. The van der Waals surface area contributed by atoms with Crippen LogP contribution in [0.5, 0.6) is 0 Å². The molecular weight excluding hydrogens is 117 g/mol. The van der Waals surface area contributed by atoms with Gasteiger partial charge in [-0.05, 0) is 20.3 Å². The first-order chi connectivity index (χ1) is 3.92. The number of rotatable bonds is 3. The van der Waals surface area contributed by atoms with Gasteiger partial charge in [0.15, 0.2) is 0 Å². The SMILES string of the molecule is C=C(F)CCC(C)(C)N. The Hall–Kier alpha value is -0.370.